The lowest BCUT2D eigenvalue weighted by Crippen LogP contribution is -2.42. The molecular weight excluding hydrogens is 419 g/mol. The molecule has 31 heavy (non-hydrogen) atoms. The Bertz CT molecular complexity index is 1020. The van der Waals surface area contributed by atoms with Crippen LogP contribution in [0.15, 0.2) is 84.0 Å². The van der Waals surface area contributed by atoms with Gasteiger partial charge in [-0.1, -0.05) is 29.8 Å². The van der Waals surface area contributed by atoms with Crippen molar-refractivity contribution in [2.24, 2.45) is 0 Å². The molecular formula is C24H22ClFN2O3. The third-order valence-electron chi connectivity index (χ3n) is 4.62. The molecule has 2 aromatic carbocycles. The molecule has 0 N–H and O–H groups in total. The number of rotatable bonds is 9. The van der Waals surface area contributed by atoms with Gasteiger partial charge in [-0.25, -0.2) is 4.39 Å². The van der Waals surface area contributed by atoms with Gasteiger partial charge in [0.15, 0.2) is 0 Å². The number of carbonyl (C=O) groups is 2. The highest BCUT2D eigenvalue weighted by atomic mass is 35.5. The molecule has 0 bridgehead atoms. The van der Waals surface area contributed by atoms with E-state index in [1.54, 1.807) is 59.5 Å². The van der Waals surface area contributed by atoms with Gasteiger partial charge in [-0.15, -0.1) is 6.58 Å². The lowest BCUT2D eigenvalue weighted by molar-refractivity contribution is -0.133. The standard InChI is InChI=1S/C24H22ClFN2O3/c1-2-13-27(24(30)19-7-9-20(25)10-8-19)17-23(29)28(16-22-4-3-14-31-22)15-18-5-11-21(26)12-6-18/h2-12,14H,1,13,15-17H2. The van der Waals surface area contributed by atoms with Crippen LogP contribution in [0.4, 0.5) is 4.39 Å². The zero-order valence-electron chi connectivity index (χ0n) is 16.8. The summed E-state index contributed by atoms with van der Waals surface area (Å²) in [5.74, 6) is -0.317. The third kappa shape index (κ3) is 6.30. The molecule has 1 heterocycles. The predicted octanol–water partition coefficient (Wildman–Crippen LogP) is 4.93. The minimum absolute atomic E-state index is 0.143. The highest BCUT2D eigenvalue weighted by Gasteiger charge is 2.22. The fourth-order valence-electron chi connectivity index (χ4n) is 3.05. The van der Waals surface area contributed by atoms with Gasteiger partial charge in [0.2, 0.25) is 5.91 Å². The lowest BCUT2D eigenvalue weighted by atomic mass is 10.2. The summed E-state index contributed by atoms with van der Waals surface area (Å²) < 4.78 is 18.7. The summed E-state index contributed by atoms with van der Waals surface area (Å²) in [4.78, 5) is 29.1. The molecule has 1 aromatic heterocycles. The summed E-state index contributed by atoms with van der Waals surface area (Å²) in [6, 6.07) is 15.9. The van der Waals surface area contributed by atoms with Crippen molar-refractivity contribution in [1.29, 1.82) is 0 Å². The lowest BCUT2D eigenvalue weighted by Gasteiger charge is -2.27. The topological polar surface area (TPSA) is 53.8 Å². The Hall–Kier alpha value is -3.38. The maximum absolute atomic E-state index is 13.3. The van der Waals surface area contributed by atoms with E-state index in [0.29, 0.717) is 16.3 Å². The molecule has 0 spiro atoms. The maximum Gasteiger partial charge on any atom is 0.254 e. The molecule has 0 fully saturated rings. The van der Waals surface area contributed by atoms with Gasteiger partial charge in [0.05, 0.1) is 12.8 Å². The van der Waals surface area contributed by atoms with Gasteiger partial charge >= 0.3 is 0 Å². The molecule has 5 nitrogen and oxygen atoms in total. The van der Waals surface area contributed by atoms with Gasteiger partial charge in [-0.2, -0.15) is 0 Å². The highest BCUT2D eigenvalue weighted by Crippen LogP contribution is 2.15. The predicted molar refractivity (Wildman–Crippen MR) is 117 cm³/mol. The van der Waals surface area contributed by atoms with Crippen molar-refractivity contribution >= 4 is 23.4 Å². The summed E-state index contributed by atoms with van der Waals surface area (Å²) >= 11 is 5.90. The van der Waals surface area contributed by atoms with Crippen LogP contribution >= 0.6 is 11.6 Å². The molecule has 0 saturated carbocycles. The molecule has 2 amide bonds. The Morgan fingerprint density at radius 2 is 1.71 bits per heavy atom. The Morgan fingerprint density at radius 1 is 1.00 bits per heavy atom. The highest BCUT2D eigenvalue weighted by molar-refractivity contribution is 6.30. The van der Waals surface area contributed by atoms with E-state index < -0.39 is 0 Å². The Kier molecular flexibility index (Phi) is 7.62. The molecule has 0 radical (unpaired) electrons. The van der Waals surface area contributed by atoms with Gasteiger partial charge < -0.3 is 14.2 Å². The van der Waals surface area contributed by atoms with Gasteiger partial charge in [0.25, 0.3) is 5.91 Å². The third-order valence-corrected chi connectivity index (χ3v) is 4.87. The van der Waals surface area contributed by atoms with Crippen LogP contribution in [-0.4, -0.2) is 34.7 Å². The molecule has 3 aromatic rings. The summed E-state index contributed by atoms with van der Waals surface area (Å²) in [6.07, 6.45) is 3.10. The van der Waals surface area contributed by atoms with Crippen molar-refractivity contribution in [2.45, 2.75) is 13.1 Å². The van der Waals surface area contributed by atoms with Crippen LogP contribution in [0.5, 0.6) is 0 Å². The van der Waals surface area contributed by atoms with E-state index in [-0.39, 0.29) is 43.8 Å². The first-order chi connectivity index (χ1) is 15.0. The number of hydrogen-bond acceptors (Lipinski definition) is 3. The van der Waals surface area contributed by atoms with Gasteiger partial charge in [-0.05, 0) is 54.1 Å². The first kappa shape index (κ1) is 22.3. The summed E-state index contributed by atoms with van der Waals surface area (Å²) in [5, 5.41) is 0.520. The monoisotopic (exact) mass is 440 g/mol. The molecule has 160 valence electrons. The normalized spacial score (nSPS) is 10.5. The summed E-state index contributed by atoms with van der Waals surface area (Å²) in [6.45, 7) is 4.22. The second kappa shape index (κ2) is 10.6. The SMILES string of the molecule is C=CCN(CC(=O)N(Cc1ccc(F)cc1)Cc1ccco1)C(=O)c1ccc(Cl)cc1. The van der Waals surface area contributed by atoms with E-state index >= 15 is 0 Å². The molecule has 7 heteroatoms. The number of nitrogens with zero attached hydrogens (tertiary/aromatic N) is 2. The van der Waals surface area contributed by atoms with Crippen molar-refractivity contribution < 1.29 is 18.4 Å². The molecule has 0 aliphatic heterocycles. The molecule has 3 rings (SSSR count). The molecule has 0 aliphatic carbocycles. The number of benzene rings is 2. The van der Waals surface area contributed by atoms with E-state index in [1.165, 1.54) is 23.3 Å². The number of amides is 2. The minimum Gasteiger partial charge on any atom is -0.467 e. The van der Waals surface area contributed by atoms with Crippen LogP contribution < -0.4 is 0 Å². The first-order valence-electron chi connectivity index (χ1n) is 9.66. The van der Waals surface area contributed by atoms with E-state index in [1.807, 2.05) is 0 Å². The number of carbonyl (C=O) groups excluding carboxylic acids is 2. The zero-order chi connectivity index (χ0) is 22.2. The maximum atomic E-state index is 13.3. The van der Waals surface area contributed by atoms with Crippen LogP contribution in [0.25, 0.3) is 0 Å². The Morgan fingerprint density at radius 3 is 2.32 bits per heavy atom. The summed E-state index contributed by atoms with van der Waals surface area (Å²) in [5.41, 5.74) is 1.19. The second-order valence-corrected chi connectivity index (χ2v) is 7.37. The quantitative estimate of drug-likeness (QED) is 0.443. The van der Waals surface area contributed by atoms with Crippen molar-refractivity contribution in [1.82, 2.24) is 9.80 Å². The fraction of sp³-hybridized carbons (Fsp3) is 0.167. The van der Waals surface area contributed by atoms with Crippen molar-refractivity contribution in [2.75, 3.05) is 13.1 Å². The van der Waals surface area contributed by atoms with E-state index in [4.69, 9.17) is 16.0 Å². The van der Waals surface area contributed by atoms with Crippen LogP contribution in [-0.2, 0) is 17.9 Å². The first-order valence-corrected chi connectivity index (χ1v) is 10.0. The van der Waals surface area contributed by atoms with Gasteiger partial charge in [0.1, 0.15) is 18.1 Å². The van der Waals surface area contributed by atoms with E-state index in [9.17, 15) is 14.0 Å². The average Bonchev–Trinajstić information content (AvgIpc) is 3.27. The van der Waals surface area contributed by atoms with Crippen molar-refractivity contribution in [3.8, 4) is 0 Å². The van der Waals surface area contributed by atoms with Crippen LogP contribution in [0.3, 0.4) is 0 Å². The minimum atomic E-state index is -0.349. The largest absolute Gasteiger partial charge is 0.467 e. The average molecular weight is 441 g/mol. The molecule has 0 unspecified atom stereocenters. The Balaban J connectivity index is 1.78. The van der Waals surface area contributed by atoms with E-state index in [2.05, 4.69) is 6.58 Å². The van der Waals surface area contributed by atoms with Gasteiger partial charge in [-0.3, -0.25) is 9.59 Å². The second-order valence-electron chi connectivity index (χ2n) is 6.94. The number of hydrogen-bond donors (Lipinski definition) is 0. The smallest absolute Gasteiger partial charge is 0.254 e. The van der Waals surface area contributed by atoms with Crippen LogP contribution in [0.2, 0.25) is 5.02 Å². The van der Waals surface area contributed by atoms with Gasteiger partial charge in [0, 0.05) is 23.7 Å². The number of halogens is 2. The van der Waals surface area contributed by atoms with Crippen LogP contribution in [0, 0.1) is 5.82 Å². The van der Waals surface area contributed by atoms with Crippen molar-refractivity contribution in [3.63, 3.8) is 0 Å². The van der Waals surface area contributed by atoms with Crippen molar-refractivity contribution in [3.05, 3.63) is 107 Å². The zero-order valence-corrected chi connectivity index (χ0v) is 17.6. The molecule has 0 atom stereocenters. The van der Waals surface area contributed by atoms with Crippen LogP contribution in [0.1, 0.15) is 21.7 Å². The molecule has 0 saturated heterocycles. The fourth-order valence-corrected chi connectivity index (χ4v) is 3.17. The van der Waals surface area contributed by atoms with E-state index in [0.717, 1.165) is 5.56 Å². The summed E-state index contributed by atoms with van der Waals surface area (Å²) in [7, 11) is 0. The molecule has 0 aliphatic rings. The Labute approximate surface area is 185 Å². The number of furan rings is 1.